The van der Waals surface area contributed by atoms with Crippen LogP contribution in [0.4, 0.5) is 10.1 Å². The minimum absolute atomic E-state index is 0.279. The predicted octanol–water partition coefficient (Wildman–Crippen LogP) is 3.06. The molecule has 1 aliphatic heterocycles. The number of nitrogens with one attached hydrogen (secondary N) is 1. The Morgan fingerprint density at radius 3 is 3.06 bits per heavy atom. The summed E-state index contributed by atoms with van der Waals surface area (Å²) >= 11 is 6.09. The van der Waals surface area contributed by atoms with Gasteiger partial charge >= 0.3 is 0 Å². The molecule has 1 saturated heterocycles. The van der Waals surface area contributed by atoms with Gasteiger partial charge in [0.05, 0.1) is 10.7 Å². The summed E-state index contributed by atoms with van der Waals surface area (Å²) in [5.74, 6) is -0.279. The van der Waals surface area contributed by atoms with Crippen LogP contribution >= 0.6 is 11.6 Å². The quantitative estimate of drug-likeness (QED) is 0.894. The molecule has 0 amide bonds. The second-order valence-electron chi connectivity index (χ2n) is 4.44. The minimum atomic E-state index is -0.279. The molecule has 0 bridgehead atoms. The minimum Gasteiger partial charge on any atom is -0.369 e. The molecule has 0 aromatic heterocycles. The maximum Gasteiger partial charge on any atom is 0.124 e. The molecule has 1 fully saturated rings. The lowest BCUT2D eigenvalue weighted by molar-refractivity contribution is 0.431. The molecule has 2 rings (SSSR count). The Morgan fingerprint density at radius 1 is 1.53 bits per heavy atom. The van der Waals surface area contributed by atoms with Gasteiger partial charge in [-0.1, -0.05) is 18.5 Å². The fraction of sp³-hybridized carbons (Fsp3) is 0.538. The van der Waals surface area contributed by atoms with Crippen LogP contribution in [0.3, 0.4) is 0 Å². The van der Waals surface area contributed by atoms with E-state index in [0.29, 0.717) is 11.1 Å². The van der Waals surface area contributed by atoms with Crippen molar-refractivity contribution in [2.45, 2.75) is 25.8 Å². The summed E-state index contributed by atoms with van der Waals surface area (Å²) in [4.78, 5) is 2.23. The number of likely N-dealkylation sites (N-methyl/N-ethyl adjacent to an activating group) is 1. The van der Waals surface area contributed by atoms with E-state index in [1.54, 1.807) is 6.07 Å². The Hall–Kier alpha value is -0.800. The first-order valence-electron chi connectivity index (χ1n) is 6.14. The molecular weight excluding hydrogens is 239 g/mol. The molecule has 1 atom stereocenters. The average molecular weight is 257 g/mol. The first-order valence-corrected chi connectivity index (χ1v) is 6.52. The second-order valence-corrected chi connectivity index (χ2v) is 4.85. The van der Waals surface area contributed by atoms with Gasteiger partial charge in [-0.15, -0.1) is 0 Å². The average Bonchev–Trinajstić information content (AvgIpc) is 2.29. The van der Waals surface area contributed by atoms with E-state index >= 15 is 0 Å². The smallest absolute Gasteiger partial charge is 0.124 e. The number of benzene rings is 1. The summed E-state index contributed by atoms with van der Waals surface area (Å²) in [7, 11) is 0. The lowest BCUT2D eigenvalue weighted by Crippen LogP contribution is -2.45. The van der Waals surface area contributed by atoms with Crippen molar-refractivity contribution in [3.8, 4) is 0 Å². The molecular formula is C13H18ClFN2. The van der Waals surface area contributed by atoms with Crippen LogP contribution in [0.15, 0.2) is 18.2 Å². The number of hydrogen-bond donors (Lipinski definition) is 1. The normalized spacial score (nSPS) is 20.6. The Bertz CT molecular complexity index is 382. The van der Waals surface area contributed by atoms with Gasteiger partial charge in [0.15, 0.2) is 0 Å². The molecule has 17 heavy (non-hydrogen) atoms. The summed E-state index contributed by atoms with van der Waals surface area (Å²) in [6.07, 6.45) is 2.34. The van der Waals surface area contributed by atoms with Crippen molar-refractivity contribution < 1.29 is 4.39 Å². The van der Waals surface area contributed by atoms with Gasteiger partial charge < -0.3 is 10.2 Å². The molecule has 0 spiro atoms. The van der Waals surface area contributed by atoms with Crippen molar-refractivity contribution in [1.82, 2.24) is 5.32 Å². The van der Waals surface area contributed by atoms with Crippen LogP contribution in [0.2, 0.25) is 5.02 Å². The maximum atomic E-state index is 13.0. The van der Waals surface area contributed by atoms with Crippen molar-refractivity contribution in [3.63, 3.8) is 0 Å². The van der Waals surface area contributed by atoms with Gasteiger partial charge in [-0.2, -0.15) is 0 Å². The van der Waals surface area contributed by atoms with Crippen LogP contribution in [-0.4, -0.2) is 25.7 Å². The first kappa shape index (κ1) is 12.7. The van der Waals surface area contributed by atoms with Gasteiger partial charge in [-0.05, 0) is 37.6 Å². The van der Waals surface area contributed by atoms with Crippen molar-refractivity contribution in [3.05, 3.63) is 29.0 Å². The number of halogens is 2. The Balaban J connectivity index is 2.10. The Morgan fingerprint density at radius 2 is 2.35 bits per heavy atom. The summed E-state index contributed by atoms with van der Waals surface area (Å²) in [6.45, 7) is 5.03. The SMILES string of the molecule is CCNC1CCCN(c2ccc(F)cc2Cl)C1. The van der Waals surface area contributed by atoms with Crippen LogP contribution in [0.25, 0.3) is 0 Å². The Kier molecular flexibility index (Phi) is 4.24. The highest BCUT2D eigenvalue weighted by Crippen LogP contribution is 2.28. The van der Waals surface area contributed by atoms with Gasteiger partial charge in [0.2, 0.25) is 0 Å². The largest absolute Gasteiger partial charge is 0.369 e. The van der Waals surface area contributed by atoms with E-state index in [2.05, 4.69) is 17.1 Å². The standard InChI is InChI=1S/C13H18ClFN2/c1-2-16-11-4-3-7-17(9-11)13-6-5-10(15)8-12(13)14/h5-6,8,11,16H,2-4,7,9H2,1H3. The monoisotopic (exact) mass is 256 g/mol. The van der Waals surface area contributed by atoms with E-state index in [1.165, 1.54) is 18.6 Å². The summed E-state index contributed by atoms with van der Waals surface area (Å²) < 4.78 is 13.0. The topological polar surface area (TPSA) is 15.3 Å². The zero-order chi connectivity index (χ0) is 12.3. The molecule has 2 nitrogen and oxygen atoms in total. The fourth-order valence-corrected chi connectivity index (χ4v) is 2.68. The highest BCUT2D eigenvalue weighted by Gasteiger charge is 2.20. The molecule has 1 aromatic rings. The van der Waals surface area contributed by atoms with E-state index in [-0.39, 0.29) is 5.82 Å². The first-order chi connectivity index (χ1) is 8.20. The molecule has 1 N–H and O–H groups in total. The van der Waals surface area contributed by atoms with Crippen LogP contribution in [0.5, 0.6) is 0 Å². The number of piperidine rings is 1. The summed E-state index contributed by atoms with van der Waals surface area (Å²) in [5.41, 5.74) is 0.940. The molecule has 0 saturated carbocycles. The third-order valence-corrected chi connectivity index (χ3v) is 3.47. The van der Waals surface area contributed by atoms with Crippen molar-refractivity contribution >= 4 is 17.3 Å². The van der Waals surface area contributed by atoms with Crippen LogP contribution in [0.1, 0.15) is 19.8 Å². The highest BCUT2D eigenvalue weighted by atomic mass is 35.5. The van der Waals surface area contributed by atoms with Gasteiger partial charge in [-0.25, -0.2) is 4.39 Å². The van der Waals surface area contributed by atoms with E-state index in [0.717, 1.165) is 31.7 Å². The fourth-order valence-electron chi connectivity index (χ4n) is 2.39. The maximum absolute atomic E-state index is 13.0. The molecule has 1 unspecified atom stereocenters. The van der Waals surface area contributed by atoms with E-state index < -0.39 is 0 Å². The van der Waals surface area contributed by atoms with Crippen molar-refractivity contribution in [2.75, 3.05) is 24.5 Å². The number of rotatable bonds is 3. The zero-order valence-electron chi connectivity index (χ0n) is 10.0. The Labute approximate surface area is 107 Å². The number of hydrogen-bond acceptors (Lipinski definition) is 2. The predicted molar refractivity (Wildman–Crippen MR) is 70.3 cm³/mol. The molecule has 1 heterocycles. The number of nitrogens with zero attached hydrogens (tertiary/aromatic N) is 1. The van der Waals surface area contributed by atoms with Crippen molar-refractivity contribution in [1.29, 1.82) is 0 Å². The third-order valence-electron chi connectivity index (χ3n) is 3.16. The van der Waals surface area contributed by atoms with Gasteiger partial charge in [0.25, 0.3) is 0 Å². The molecule has 1 aliphatic rings. The molecule has 1 aromatic carbocycles. The summed E-state index contributed by atoms with van der Waals surface area (Å²) in [5, 5.41) is 3.96. The van der Waals surface area contributed by atoms with Gasteiger partial charge in [0.1, 0.15) is 5.82 Å². The van der Waals surface area contributed by atoms with Crippen LogP contribution in [0, 0.1) is 5.82 Å². The summed E-state index contributed by atoms with van der Waals surface area (Å²) in [6, 6.07) is 5.13. The molecule has 0 radical (unpaired) electrons. The lowest BCUT2D eigenvalue weighted by Gasteiger charge is -2.35. The van der Waals surface area contributed by atoms with Crippen LogP contribution < -0.4 is 10.2 Å². The van der Waals surface area contributed by atoms with Crippen molar-refractivity contribution in [2.24, 2.45) is 0 Å². The van der Waals surface area contributed by atoms with Gasteiger partial charge in [-0.3, -0.25) is 0 Å². The van der Waals surface area contributed by atoms with Gasteiger partial charge in [0, 0.05) is 19.1 Å². The lowest BCUT2D eigenvalue weighted by atomic mass is 10.0. The molecule has 4 heteroatoms. The third kappa shape index (κ3) is 3.11. The number of anilines is 1. The van der Waals surface area contributed by atoms with E-state index in [4.69, 9.17) is 11.6 Å². The zero-order valence-corrected chi connectivity index (χ0v) is 10.8. The van der Waals surface area contributed by atoms with Crippen LogP contribution in [-0.2, 0) is 0 Å². The van der Waals surface area contributed by atoms with E-state index in [9.17, 15) is 4.39 Å². The highest BCUT2D eigenvalue weighted by molar-refractivity contribution is 6.33. The second kappa shape index (κ2) is 5.69. The molecule has 94 valence electrons. The molecule has 0 aliphatic carbocycles. The van der Waals surface area contributed by atoms with E-state index in [1.807, 2.05) is 0 Å².